The van der Waals surface area contributed by atoms with Crippen LogP contribution in [0.2, 0.25) is 5.15 Å². The lowest BCUT2D eigenvalue weighted by atomic mass is 10.3. The Hall–Kier alpha value is -0.810. The fraction of sp³-hybridized carbons (Fsp3) is 0.500. The van der Waals surface area contributed by atoms with E-state index in [1.165, 1.54) is 25.2 Å². The van der Waals surface area contributed by atoms with Gasteiger partial charge < -0.3 is 5.32 Å². The molecule has 2 rings (SSSR count). The minimum absolute atomic E-state index is 0.190. The fourth-order valence-corrected chi connectivity index (χ4v) is 2.18. The van der Waals surface area contributed by atoms with Crippen LogP contribution in [0.15, 0.2) is 12.4 Å². The van der Waals surface area contributed by atoms with Crippen LogP contribution >= 0.6 is 23.4 Å². The Balaban J connectivity index is 1.91. The predicted molar refractivity (Wildman–Crippen MR) is 64.9 cm³/mol. The van der Waals surface area contributed by atoms with Crippen molar-refractivity contribution in [3.05, 3.63) is 23.2 Å². The average Bonchev–Trinajstić information content (AvgIpc) is 3.08. The Morgan fingerprint density at radius 1 is 1.56 bits per heavy atom. The molecule has 4 nitrogen and oxygen atoms in total. The Kier molecular flexibility index (Phi) is 3.35. The second-order valence-electron chi connectivity index (χ2n) is 3.79. The van der Waals surface area contributed by atoms with Crippen LogP contribution in [0.5, 0.6) is 0 Å². The van der Waals surface area contributed by atoms with Crippen LogP contribution in [0.4, 0.5) is 0 Å². The summed E-state index contributed by atoms with van der Waals surface area (Å²) in [6.07, 6.45) is 7.16. The molecule has 1 amide bonds. The van der Waals surface area contributed by atoms with Crippen molar-refractivity contribution in [1.82, 2.24) is 15.3 Å². The highest BCUT2D eigenvalue weighted by molar-refractivity contribution is 8.00. The molecular weight excluding hydrogens is 246 g/mol. The van der Waals surface area contributed by atoms with E-state index in [0.717, 1.165) is 0 Å². The Labute approximate surface area is 103 Å². The zero-order valence-corrected chi connectivity index (χ0v) is 10.4. The van der Waals surface area contributed by atoms with Crippen LogP contribution in [0.3, 0.4) is 0 Å². The summed E-state index contributed by atoms with van der Waals surface area (Å²) in [5.74, 6) is -0.190. The molecule has 6 heteroatoms. The Bertz CT molecular complexity index is 392. The molecule has 16 heavy (non-hydrogen) atoms. The molecule has 1 aromatic rings. The quantitative estimate of drug-likeness (QED) is 0.893. The highest BCUT2D eigenvalue weighted by atomic mass is 35.5. The smallest absolute Gasteiger partial charge is 0.271 e. The SMILES string of the molecule is CSC1(CNC(=O)c2cnc(Cl)cn2)CC1. The van der Waals surface area contributed by atoms with Gasteiger partial charge in [0.2, 0.25) is 0 Å². The van der Waals surface area contributed by atoms with Gasteiger partial charge in [-0.25, -0.2) is 9.97 Å². The monoisotopic (exact) mass is 257 g/mol. The summed E-state index contributed by atoms with van der Waals surface area (Å²) in [6, 6.07) is 0. The van der Waals surface area contributed by atoms with E-state index in [4.69, 9.17) is 11.6 Å². The van der Waals surface area contributed by atoms with E-state index < -0.39 is 0 Å². The number of aromatic nitrogens is 2. The molecule has 0 spiro atoms. The zero-order chi connectivity index (χ0) is 11.6. The summed E-state index contributed by atoms with van der Waals surface area (Å²) in [6.45, 7) is 0.692. The largest absolute Gasteiger partial charge is 0.349 e. The molecular formula is C10H12ClN3OS. The lowest BCUT2D eigenvalue weighted by Crippen LogP contribution is -2.32. The van der Waals surface area contributed by atoms with Crippen molar-refractivity contribution >= 4 is 29.3 Å². The highest BCUT2D eigenvalue weighted by Crippen LogP contribution is 2.46. The number of nitrogens with zero attached hydrogens (tertiary/aromatic N) is 2. The third-order valence-corrected chi connectivity index (χ3v) is 4.28. The first-order chi connectivity index (χ1) is 7.65. The first kappa shape index (κ1) is 11.7. The third-order valence-electron chi connectivity index (χ3n) is 2.66. The lowest BCUT2D eigenvalue weighted by Gasteiger charge is -2.12. The molecule has 1 saturated carbocycles. The number of amides is 1. The Morgan fingerprint density at radius 3 is 2.81 bits per heavy atom. The van der Waals surface area contributed by atoms with Gasteiger partial charge in [0.25, 0.3) is 5.91 Å². The molecule has 0 aliphatic heterocycles. The standard InChI is InChI=1S/C10H12ClN3OS/c1-16-10(2-3-10)6-14-9(15)7-4-13-8(11)5-12-7/h4-5H,2-3,6H2,1H3,(H,14,15). The summed E-state index contributed by atoms with van der Waals surface area (Å²) in [4.78, 5) is 19.4. The minimum Gasteiger partial charge on any atom is -0.349 e. The van der Waals surface area contributed by atoms with Gasteiger partial charge in [0.15, 0.2) is 0 Å². The maximum atomic E-state index is 11.7. The number of halogens is 1. The molecule has 1 aliphatic carbocycles. The van der Waals surface area contributed by atoms with E-state index in [2.05, 4.69) is 21.5 Å². The predicted octanol–water partition coefficient (Wildman–Crippen LogP) is 1.76. The summed E-state index contributed by atoms with van der Waals surface area (Å²) >= 11 is 7.40. The molecule has 1 aromatic heterocycles. The van der Waals surface area contributed by atoms with Gasteiger partial charge in [0, 0.05) is 11.3 Å². The average molecular weight is 258 g/mol. The van der Waals surface area contributed by atoms with Crippen LogP contribution in [0.25, 0.3) is 0 Å². The van der Waals surface area contributed by atoms with Gasteiger partial charge in [0.1, 0.15) is 10.8 Å². The van der Waals surface area contributed by atoms with Crippen molar-refractivity contribution in [1.29, 1.82) is 0 Å². The number of rotatable bonds is 4. The molecule has 0 atom stereocenters. The van der Waals surface area contributed by atoms with E-state index in [9.17, 15) is 4.79 Å². The van der Waals surface area contributed by atoms with Gasteiger partial charge in [-0.3, -0.25) is 4.79 Å². The molecule has 1 aliphatic rings. The van der Waals surface area contributed by atoms with Crippen LogP contribution in [0, 0.1) is 0 Å². The van der Waals surface area contributed by atoms with E-state index in [1.54, 1.807) is 11.8 Å². The molecule has 0 unspecified atom stereocenters. The number of nitrogens with one attached hydrogen (secondary N) is 1. The molecule has 1 heterocycles. The first-order valence-electron chi connectivity index (χ1n) is 4.96. The van der Waals surface area contributed by atoms with E-state index in [0.29, 0.717) is 17.4 Å². The normalized spacial score (nSPS) is 16.9. The van der Waals surface area contributed by atoms with Crippen molar-refractivity contribution in [3.63, 3.8) is 0 Å². The van der Waals surface area contributed by atoms with Crippen molar-refractivity contribution in [2.75, 3.05) is 12.8 Å². The minimum atomic E-state index is -0.190. The summed E-state index contributed by atoms with van der Waals surface area (Å²) < 4.78 is 0.259. The van der Waals surface area contributed by atoms with Gasteiger partial charge in [0.05, 0.1) is 12.4 Å². The maximum absolute atomic E-state index is 11.7. The second kappa shape index (κ2) is 4.59. The number of carbonyl (C=O) groups excluding carboxylic acids is 1. The summed E-state index contributed by atoms with van der Waals surface area (Å²) in [5, 5.41) is 3.16. The van der Waals surface area contributed by atoms with Gasteiger partial charge in [-0.15, -0.1) is 0 Å². The van der Waals surface area contributed by atoms with Crippen molar-refractivity contribution in [2.24, 2.45) is 0 Å². The van der Waals surface area contributed by atoms with Crippen molar-refractivity contribution in [3.8, 4) is 0 Å². The lowest BCUT2D eigenvalue weighted by molar-refractivity contribution is 0.0947. The van der Waals surface area contributed by atoms with Crippen molar-refractivity contribution < 1.29 is 4.79 Å². The van der Waals surface area contributed by atoms with Crippen LogP contribution < -0.4 is 5.32 Å². The number of hydrogen-bond donors (Lipinski definition) is 1. The molecule has 0 saturated heterocycles. The van der Waals surface area contributed by atoms with E-state index in [-0.39, 0.29) is 10.7 Å². The topological polar surface area (TPSA) is 54.9 Å². The highest BCUT2D eigenvalue weighted by Gasteiger charge is 2.41. The number of thioether (sulfide) groups is 1. The second-order valence-corrected chi connectivity index (χ2v) is 5.46. The van der Waals surface area contributed by atoms with Crippen LogP contribution in [-0.2, 0) is 0 Å². The van der Waals surface area contributed by atoms with E-state index in [1.807, 2.05) is 0 Å². The Morgan fingerprint density at radius 2 is 2.31 bits per heavy atom. The summed E-state index contributed by atoms with van der Waals surface area (Å²) in [7, 11) is 0. The van der Waals surface area contributed by atoms with Crippen molar-refractivity contribution in [2.45, 2.75) is 17.6 Å². The molecule has 0 aromatic carbocycles. The molecule has 1 fully saturated rings. The molecule has 0 radical (unpaired) electrons. The van der Waals surface area contributed by atoms with Gasteiger partial charge >= 0.3 is 0 Å². The fourth-order valence-electron chi connectivity index (χ4n) is 1.35. The third kappa shape index (κ3) is 2.65. The van der Waals surface area contributed by atoms with E-state index >= 15 is 0 Å². The van der Waals surface area contributed by atoms with Crippen LogP contribution in [0.1, 0.15) is 23.3 Å². The summed E-state index contributed by atoms with van der Waals surface area (Å²) in [5.41, 5.74) is 0.307. The number of carbonyl (C=O) groups is 1. The molecule has 86 valence electrons. The van der Waals surface area contributed by atoms with Crippen LogP contribution in [-0.4, -0.2) is 33.4 Å². The maximum Gasteiger partial charge on any atom is 0.271 e. The first-order valence-corrected chi connectivity index (χ1v) is 6.56. The zero-order valence-electron chi connectivity index (χ0n) is 8.86. The van der Waals surface area contributed by atoms with Gasteiger partial charge in [-0.05, 0) is 19.1 Å². The van der Waals surface area contributed by atoms with Gasteiger partial charge in [-0.1, -0.05) is 11.6 Å². The molecule has 1 N–H and O–H groups in total. The van der Waals surface area contributed by atoms with Gasteiger partial charge in [-0.2, -0.15) is 11.8 Å². The molecule has 0 bridgehead atoms. The number of hydrogen-bond acceptors (Lipinski definition) is 4.